The van der Waals surface area contributed by atoms with Crippen LogP contribution in [0.4, 0.5) is 0 Å². The van der Waals surface area contributed by atoms with Crippen molar-refractivity contribution in [1.29, 1.82) is 0 Å². The summed E-state index contributed by atoms with van der Waals surface area (Å²) in [7, 11) is 0. The summed E-state index contributed by atoms with van der Waals surface area (Å²) in [5.41, 5.74) is 2.19. The minimum atomic E-state index is -0.604. The average Bonchev–Trinajstić information content (AvgIpc) is 2.88. The van der Waals surface area contributed by atoms with Crippen molar-refractivity contribution in [3.05, 3.63) is 93.5 Å². The van der Waals surface area contributed by atoms with Gasteiger partial charge in [0.05, 0.1) is 17.0 Å². The monoisotopic (exact) mass is 506 g/mol. The number of carbonyl (C=O) groups excluding carboxylic acids is 1. The normalized spacial score (nSPS) is 16.5. The first-order valence-corrected chi connectivity index (χ1v) is 12.7. The van der Waals surface area contributed by atoms with Gasteiger partial charge in [0.25, 0.3) is 5.91 Å². The zero-order valence-corrected chi connectivity index (χ0v) is 20.8. The molecule has 5 rings (SSSR count). The number of thioether (sulfide) groups is 1. The SMILES string of the molecule is CCOc1cc([C@H]2N=c3ccccc3=C3C(=O)NC(SC)=NN32)cc(Cl)c1OCc1ccccc1. The van der Waals surface area contributed by atoms with E-state index >= 15 is 0 Å². The van der Waals surface area contributed by atoms with Crippen molar-refractivity contribution in [1.82, 2.24) is 10.3 Å². The molecule has 2 aliphatic heterocycles. The summed E-state index contributed by atoms with van der Waals surface area (Å²) in [6.07, 6.45) is 1.25. The van der Waals surface area contributed by atoms with E-state index in [2.05, 4.69) is 10.4 Å². The molecule has 0 saturated heterocycles. The molecule has 35 heavy (non-hydrogen) atoms. The summed E-state index contributed by atoms with van der Waals surface area (Å²) < 4.78 is 12.0. The second kappa shape index (κ2) is 10.0. The fourth-order valence-electron chi connectivity index (χ4n) is 4.01. The number of hydrogen-bond donors (Lipinski definition) is 1. The maximum absolute atomic E-state index is 13.1. The van der Waals surface area contributed by atoms with Crippen LogP contribution in [-0.4, -0.2) is 28.9 Å². The lowest BCUT2D eigenvalue weighted by atomic mass is 10.1. The molecule has 0 unspecified atom stereocenters. The van der Waals surface area contributed by atoms with E-state index < -0.39 is 6.17 Å². The number of rotatable bonds is 6. The van der Waals surface area contributed by atoms with E-state index in [0.29, 0.717) is 46.0 Å². The van der Waals surface area contributed by atoms with Gasteiger partial charge in [0, 0.05) is 10.8 Å². The van der Waals surface area contributed by atoms with Crippen LogP contribution in [0.25, 0.3) is 5.70 Å². The number of nitrogens with one attached hydrogen (secondary N) is 1. The van der Waals surface area contributed by atoms with Gasteiger partial charge in [-0.3, -0.25) is 15.1 Å². The summed E-state index contributed by atoms with van der Waals surface area (Å²) >= 11 is 8.08. The summed E-state index contributed by atoms with van der Waals surface area (Å²) in [6.45, 7) is 2.69. The predicted octanol–water partition coefficient (Wildman–Crippen LogP) is 3.82. The van der Waals surface area contributed by atoms with E-state index in [9.17, 15) is 4.79 Å². The molecule has 2 aliphatic rings. The van der Waals surface area contributed by atoms with Gasteiger partial charge < -0.3 is 9.47 Å². The average molecular weight is 507 g/mol. The number of para-hydroxylation sites is 1. The van der Waals surface area contributed by atoms with Gasteiger partial charge in [0.15, 0.2) is 22.8 Å². The van der Waals surface area contributed by atoms with Crippen molar-refractivity contribution in [2.45, 2.75) is 19.7 Å². The van der Waals surface area contributed by atoms with Gasteiger partial charge in [-0.15, -0.1) is 5.10 Å². The first-order chi connectivity index (χ1) is 17.1. The van der Waals surface area contributed by atoms with E-state index in [0.717, 1.165) is 16.3 Å². The molecule has 178 valence electrons. The highest BCUT2D eigenvalue weighted by molar-refractivity contribution is 8.13. The number of amides is 1. The Balaban J connectivity index is 1.59. The van der Waals surface area contributed by atoms with Crippen molar-refractivity contribution in [2.24, 2.45) is 10.1 Å². The Hall–Kier alpha value is -3.49. The minimum absolute atomic E-state index is 0.226. The number of nitrogens with zero attached hydrogens (tertiary/aromatic N) is 3. The number of amidine groups is 1. The van der Waals surface area contributed by atoms with Crippen LogP contribution in [0.1, 0.15) is 24.2 Å². The molecule has 1 amide bonds. The molecule has 0 fully saturated rings. The first-order valence-electron chi connectivity index (χ1n) is 11.1. The van der Waals surface area contributed by atoms with Crippen LogP contribution in [0.2, 0.25) is 5.02 Å². The Morgan fingerprint density at radius 2 is 1.86 bits per heavy atom. The molecule has 0 bridgehead atoms. The van der Waals surface area contributed by atoms with Crippen molar-refractivity contribution in [2.75, 3.05) is 12.9 Å². The summed E-state index contributed by atoms with van der Waals surface area (Å²) in [5, 5.41) is 11.5. The number of carbonyl (C=O) groups is 1. The van der Waals surface area contributed by atoms with Gasteiger partial charge in [-0.2, -0.15) is 0 Å². The van der Waals surface area contributed by atoms with Crippen LogP contribution in [0.15, 0.2) is 76.8 Å². The van der Waals surface area contributed by atoms with E-state index in [1.54, 1.807) is 11.1 Å². The predicted molar refractivity (Wildman–Crippen MR) is 138 cm³/mol. The van der Waals surface area contributed by atoms with Crippen molar-refractivity contribution in [3.8, 4) is 11.5 Å². The van der Waals surface area contributed by atoms with E-state index in [4.69, 9.17) is 26.1 Å². The maximum Gasteiger partial charge on any atom is 0.276 e. The number of hydrazone groups is 1. The van der Waals surface area contributed by atoms with Crippen LogP contribution in [0.5, 0.6) is 11.5 Å². The van der Waals surface area contributed by atoms with Crippen LogP contribution < -0.4 is 25.4 Å². The van der Waals surface area contributed by atoms with Crippen LogP contribution >= 0.6 is 23.4 Å². The van der Waals surface area contributed by atoms with Crippen molar-refractivity contribution < 1.29 is 14.3 Å². The standard InChI is InChI=1S/C26H23ClN4O3S/c1-3-33-21-14-17(13-19(27)23(21)34-15-16-9-5-4-6-10-16)24-28-20-12-8-7-11-18(20)22-25(32)29-26(35-2)30-31(22)24/h4-14,24H,3,15H2,1-2H3,(H,29,30,32)/t24-/m0/s1. The second-order valence-corrected chi connectivity index (χ2v) is 9.02. The van der Waals surface area contributed by atoms with Crippen LogP contribution in [0.3, 0.4) is 0 Å². The Morgan fingerprint density at radius 1 is 1.09 bits per heavy atom. The molecule has 2 heterocycles. The maximum atomic E-state index is 13.1. The van der Waals surface area contributed by atoms with Crippen LogP contribution in [0, 0.1) is 0 Å². The smallest absolute Gasteiger partial charge is 0.276 e. The number of ether oxygens (including phenoxy) is 2. The summed E-state index contributed by atoms with van der Waals surface area (Å²) in [4.78, 5) is 18.0. The zero-order chi connectivity index (χ0) is 24.4. The van der Waals surface area contributed by atoms with E-state index in [-0.39, 0.29) is 5.91 Å². The van der Waals surface area contributed by atoms with Gasteiger partial charge in [0.1, 0.15) is 12.3 Å². The molecule has 0 aromatic heterocycles. The highest BCUT2D eigenvalue weighted by Crippen LogP contribution is 2.41. The quantitative estimate of drug-likeness (QED) is 0.550. The minimum Gasteiger partial charge on any atom is -0.490 e. The fourth-order valence-corrected chi connectivity index (χ4v) is 4.64. The molecule has 0 spiro atoms. The Kier molecular flexibility index (Phi) is 6.66. The third kappa shape index (κ3) is 4.59. The first kappa shape index (κ1) is 23.3. The summed E-state index contributed by atoms with van der Waals surface area (Å²) in [5.74, 6) is 0.749. The highest BCUT2D eigenvalue weighted by atomic mass is 35.5. The fraction of sp³-hybridized carbons (Fsp3) is 0.192. The molecule has 7 nitrogen and oxygen atoms in total. The third-order valence-electron chi connectivity index (χ3n) is 5.56. The van der Waals surface area contributed by atoms with Gasteiger partial charge in [-0.25, -0.2) is 5.01 Å². The Bertz CT molecular complexity index is 1430. The topological polar surface area (TPSA) is 75.5 Å². The second-order valence-electron chi connectivity index (χ2n) is 7.81. The molecule has 0 radical (unpaired) electrons. The molecule has 0 aliphatic carbocycles. The summed E-state index contributed by atoms with van der Waals surface area (Å²) in [6, 6.07) is 21.0. The number of halogens is 1. The van der Waals surface area contributed by atoms with Crippen molar-refractivity contribution in [3.63, 3.8) is 0 Å². The van der Waals surface area contributed by atoms with Gasteiger partial charge in [-0.05, 0) is 36.9 Å². The zero-order valence-electron chi connectivity index (χ0n) is 19.2. The molecule has 9 heteroatoms. The molecule has 0 saturated carbocycles. The third-order valence-corrected chi connectivity index (χ3v) is 6.42. The molecule has 1 atom stereocenters. The van der Waals surface area contributed by atoms with Gasteiger partial charge >= 0.3 is 0 Å². The number of hydrogen-bond acceptors (Lipinski definition) is 7. The van der Waals surface area contributed by atoms with Crippen LogP contribution in [-0.2, 0) is 11.4 Å². The van der Waals surface area contributed by atoms with Crippen molar-refractivity contribution >= 4 is 40.1 Å². The highest BCUT2D eigenvalue weighted by Gasteiger charge is 2.35. The lowest BCUT2D eigenvalue weighted by Gasteiger charge is -2.34. The van der Waals surface area contributed by atoms with Gasteiger partial charge in [-0.1, -0.05) is 71.9 Å². The van der Waals surface area contributed by atoms with E-state index in [1.165, 1.54) is 11.8 Å². The lowest BCUT2D eigenvalue weighted by Crippen LogP contribution is -2.50. The Morgan fingerprint density at radius 3 is 2.63 bits per heavy atom. The largest absolute Gasteiger partial charge is 0.490 e. The number of benzene rings is 3. The molecular formula is C26H23ClN4O3S. The molecule has 3 aromatic rings. The molecule has 1 N–H and O–H groups in total. The number of fused-ring (bicyclic) bond motifs is 2. The molecular weight excluding hydrogens is 484 g/mol. The van der Waals surface area contributed by atoms with E-state index in [1.807, 2.05) is 73.8 Å². The van der Waals surface area contributed by atoms with Gasteiger partial charge in [0.2, 0.25) is 0 Å². The Labute approximate surface area is 212 Å². The lowest BCUT2D eigenvalue weighted by molar-refractivity contribution is -0.116. The molecule has 3 aromatic carbocycles.